The number of carbonyl (C=O) groups is 1. The van der Waals surface area contributed by atoms with E-state index in [4.69, 9.17) is 0 Å². The van der Waals surface area contributed by atoms with Crippen molar-refractivity contribution in [2.75, 3.05) is 19.8 Å². The van der Waals surface area contributed by atoms with Gasteiger partial charge in [-0.3, -0.25) is 4.79 Å². The number of nitrogens with zero attached hydrogens (tertiary/aromatic N) is 1. The van der Waals surface area contributed by atoms with Gasteiger partial charge in [-0.25, -0.2) is 8.42 Å². The Morgan fingerprint density at radius 3 is 2.23 bits per heavy atom. The third-order valence-corrected chi connectivity index (χ3v) is 6.08. The maximum absolute atomic E-state index is 12.4. The van der Waals surface area contributed by atoms with Gasteiger partial charge in [-0.05, 0) is 43.4 Å². The van der Waals surface area contributed by atoms with Crippen LogP contribution in [0.25, 0.3) is 0 Å². The maximum Gasteiger partial charge on any atom is 0.243 e. The van der Waals surface area contributed by atoms with E-state index in [-0.39, 0.29) is 23.4 Å². The van der Waals surface area contributed by atoms with Crippen molar-refractivity contribution in [1.29, 1.82) is 0 Å². The molecule has 0 heterocycles. The van der Waals surface area contributed by atoms with Crippen molar-refractivity contribution in [3.05, 3.63) is 24.3 Å². The molecule has 1 amide bonds. The highest BCUT2D eigenvalue weighted by Gasteiger charge is 2.23. The Morgan fingerprint density at radius 2 is 1.77 bits per heavy atom. The van der Waals surface area contributed by atoms with Crippen molar-refractivity contribution >= 4 is 27.7 Å². The highest BCUT2D eigenvalue weighted by atomic mass is 32.2. The van der Waals surface area contributed by atoms with Gasteiger partial charge in [0.05, 0.1) is 11.4 Å². The molecular weight excluding hydrogens is 320 g/mol. The highest BCUT2D eigenvalue weighted by molar-refractivity contribution is 7.98. The van der Waals surface area contributed by atoms with Gasteiger partial charge < -0.3 is 5.32 Å². The lowest BCUT2D eigenvalue weighted by molar-refractivity contribution is -0.122. The van der Waals surface area contributed by atoms with Gasteiger partial charge in [0.25, 0.3) is 0 Å². The van der Waals surface area contributed by atoms with E-state index in [1.165, 1.54) is 7.05 Å². The molecule has 0 fully saturated rings. The Labute approximate surface area is 137 Å². The molecule has 1 atom stereocenters. The molecule has 0 saturated carbocycles. The van der Waals surface area contributed by atoms with Crippen LogP contribution in [0, 0.1) is 5.92 Å². The second-order valence-electron chi connectivity index (χ2n) is 5.54. The minimum atomic E-state index is -3.65. The molecule has 0 bridgehead atoms. The van der Waals surface area contributed by atoms with E-state index in [2.05, 4.69) is 5.32 Å². The predicted octanol–water partition coefficient (Wildman–Crippen LogP) is 2.19. The Morgan fingerprint density at radius 1 is 1.23 bits per heavy atom. The zero-order valence-electron chi connectivity index (χ0n) is 13.7. The molecule has 1 unspecified atom stereocenters. The van der Waals surface area contributed by atoms with Crippen molar-refractivity contribution < 1.29 is 13.2 Å². The molecule has 0 aromatic heterocycles. The number of carbonyl (C=O) groups excluding carboxylic acids is 1. The first-order valence-corrected chi connectivity index (χ1v) is 9.74. The minimum absolute atomic E-state index is 0.00414. The van der Waals surface area contributed by atoms with E-state index in [1.54, 1.807) is 36.0 Å². The molecule has 5 nitrogen and oxygen atoms in total. The summed E-state index contributed by atoms with van der Waals surface area (Å²) in [6.45, 7) is 5.71. The molecule has 1 N–H and O–H groups in total. The summed E-state index contributed by atoms with van der Waals surface area (Å²) in [5.74, 6) is -0.00189. The van der Waals surface area contributed by atoms with Crippen LogP contribution in [0.15, 0.2) is 34.1 Å². The second-order valence-corrected chi connectivity index (χ2v) is 8.46. The number of sulfonamides is 1. The Kier molecular flexibility index (Phi) is 6.90. The fourth-order valence-electron chi connectivity index (χ4n) is 1.68. The van der Waals surface area contributed by atoms with Gasteiger partial charge in [0.1, 0.15) is 0 Å². The van der Waals surface area contributed by atoms with Gasteiger partial charge in [0, 0.05) is 18.0 Å². The first-order chi connectivity index (χ1) is 10.2. The van der Waals surface area contributed by atoms with Crippen molar-refractivity contribution in [3.63, 3.8) is 0 Å². The van der Waals surface area contributed by atoms with Crippen LogP contribution in [0.1, 0.15) is 20.8 Å². The average Bonchev–Trinajstić information content (AvgIpc) is 2.46. The topological polar surface area (TPSA) is 66.5 Å². The molecule has 1 aromatic carbocycles. The van der Waals surface area contributed by atoms with Crippen LogP contribution in [0.3, 0.4) is 0 Å². The molecule has 0 aliphatic heterocycles. The van der Waals surface area contributed by atoms with E-state index in [0.29, 0.717) is 5.92 Å². The molecule has 0 saturated heterocycles. The van der Waals surface area contributed by atoms with Gasteiger partial charge in [-0.2, -0.15) is 4.31 Å². The molecule has 0 aliphatic carbocycles. The molecule has 7 heteroatoms. The number of amides is 1. The van der Waals surface area contributed by atoms with Crippen molar-refractivity contribution in [2.24, 2.45) is 5.92 Å². The minimum Gasteiger partial charge on any atom is -0.352 e. The smallest absolute Gasteiger partial charge is 0.243 e. The average molecular weight is 345 g/mol. The van der Waals surface area contributed by atoms with Crippen LogP contribution in [-0.4, -0.2) is 44.5 Å². The number of hydrogen-bond acceptors (Lipinski definition) is 4. The largest absolute Gasteiger partial charge is 0.352 e. The quantitative estimate of drug-likeness (QED) is 0.770. The van der Waals surface area contributed by atoms with Crippen molar-refractivity contribution in [3.8, 4) is 0 Å². The van der Waals surface area contributed by atoms with Gasteiger partial charge in [-0.15, -0.1) is 11.8 Å². The van der Waals surface area contributed by atoms with Crippen LogP contribution in [0.4, 0.5) is 0 Å². The fraction of sp³-hybridized carbons (Fsp3) is 0.533. The third-order valence-electron chi connectivity index (χ3n) is 3.52. The molecule has 124 valence electrons. The first-order valence-electron chi connectivity index (χ1n) is 7.08. The standard InChI is InChI=1S/C15H24N2O3S2/c1-11(2)12(3)16-15(18)10-17(4)22(19,20)14-8-6-13(21-5)7-9-14/h6-9,11-12H,10H2,1-5H3,(H,16,18). The molecule has 0 radical (unpaired) electrons. The number of likely N-dealkylation sites (N-methyl/N-ethyl adjacent to an activating group) is 1. The lowest BCUT2D eigenvalue weighted by Gasteiger charge is -2.21. The van der Waals surface area contributed by atoms with E-state index in [1.807, 2.05) is 27.0 Å². The Hall–Kier alpha value is -1.05. The van der Waals surface area contributed by atoms with Crippen molar-refractivity contribution in [1.82, 2.24) is 9.62 Å². The number of thioether (sulfide) groups is 1. The lowest BCUT2D eigenvalue weighted by atomic mass is 10.1. The molecule has 22 heavy (non-hydrogen) atoms. The zero-order chi connectivity index (χ0) is 16.9. The summed E-state index contributed by atoms with van der Waals surface area (Å²) >= 11 is 1.54. The fourth-order valence-corrected chi connectivity index (χ4v) is 3.22. The van der Waals surface area contributed by atoms with Crippen LogP contribution >= 0.6 is 11.8 Å². The summed E-state index contributed by atoms with van der Waals surface area (Å²) in [4.78, 5) is 13.1. The Balaban J connectivity index is 2.77. The summed E-state index contributed by atoms with van der Waals surface area (Å²) in [6, 6.07) is 6.64. The molecule has 0 aliphatic rings. The van der Waals surface area contributed by atoms with E-state index < -0.39 is 10.0 Å². The van der Waals surface area contributed by atoms with Gasteiger partial charge in [0.15, 0.2) is 0 Å². The predicted molar refractivity (Wildman–Crippen MR) is 90.5 cm³/mol. The third kappa shape index (κ3) is 5.00. The summed E-state index contributed by atoms with van der Waals surface area (Å²) < 4.78 is 25.9. The van der Waals surface area contributed by atoms with Crippen LogP contribution < -0.4 is 5.32 Å². The summed E-state index contributed by atoms with van der Waals surface area (Å²) in [5, 5.41) is 2.80. The number of nitrogens with one attached hydrogen (secondary N) is 1. The maximum atomic E-state index is 12.4. The van der Waals surface area contributed by atoms with Gasteiger partial charge in [0.2, 0.25) is 15.9 Å². The lowest BCUT2D eigenvalue weighted by Crippen LogP contribution is -2.43. The SMILES string of the molecule is CSc1ccc(S(=O)(=O)N(C)CC(=O)NC(C)C(C)C)cc1. The molecular formula is C15H24N2O3S2. The summed E-state index contributed by atoms with van der Waals surface area (Å²) in [6.07, 6.45) is 1.93. The van der Waals surface area contributed by atoms with Crippen LogP contribution in [-0.2, 0) is 14.8 Å². The van der Waals surface area contributed by atoms with E-state index in [0.717, 1.165) is 9.20 Å². The number of hydrogen-bond donors (Lipinski definition) is 1. The summed E-state index contributed by atoms with van der Waals surface area (Å²) in [5.41, 5.74) is 0. The van der Waals surface area contributed by atoms with Gasteiger partial charge in [-0.1, -0.05) is 13.8 Å². The number of benzene rings is 1. The molecule has 1 aromatic rings. The van der Waals surface area contributed by atoms with E-state index >= 15 is 0 Å². The van der Waals surface area contributed by atoms with E-state index in [9.17, 15) is 13.2 Å². The zero-order valence-corrected chi connectivity index (χ0v) is 15.3. The highest BCUT2D eigenvalue weighted by Crippen LogP contribution is 2.19. The van der Waals surface area contributed by atoms with Crippen molar-refractivity contribution in [2.45, 2.75) is 36.6 Å². The molecule has 0 spiro atoms. The number of rotatable bonds is 7. The second kappa shape index (κ2) is 7.99. The monoisotopic (exact) mass is 344 g/mol. The Bertz CT molecular complexity index is 598. The van der Waals surface area contributed by atoms with Crippen LogP contribution in [0.2, 0.25) is 0 Å². The first kappa shape index (κ1) is 19.0. The van der Waals surface area contributed by atoms with Crippen LogP contribution in [0.5, 0.6) is 0 Å². The molecule has 1 rings (SSSR count). The summed E-state index contributed by atoms with van der Waals surface area (Å²) in [7, 11) is -2.24. The van der Waals surface area contributed by atoms with Gasteiger partial charge >= 0.3 is 0 Å². The normalized spacial score (nSPS) is 13.4.